The largest absolute Gasteiger partial charge is 0.386 e. The first-order chi connectivity index (χ1) is 17.7. The molecule has 0 radical (unpaired) electrons. The Balaban J connectivity index is 1.43. The van der Waals surface area contributed by atoms with Crippen molar-refractivity contribution < 1.29 is 18.2 Å². The molecule has 3 N–H and O–H groups in total. The average molecular weight is 465 g/mol. The molecule has 4 heterocycles. The van der Waals surface area contributed by atoms with Gasteiger partial charge in [0.25, 0.3) is 11.5 Å². The van der Waals surface area contributed by atoms with Crippen molar-refractivity contribution in [2.45, 2.75) is 25.0 Å². The molecular formula is C23H23N7O4. The van der Waals surface area contributed by atoms with E-state index >= 15 is 0 Å². The molecule has 1 aliphatic carbocycles. The number of aromatic nitrogens is 4. The highest BCUT2D eigenvalue weighted by molar-refractivity contribution is 6.05. The molecular weight excluding hydrogens is 438 g/mol. The van der Waals surface area contributed by atoms with Crippen LogP contribution in [-0.4, -0.2) is 51.8 Å². The van der Waals surface area contributed by atoms with Crippen LogP contribution in [0.2, 0.25) is 0 Å². The van der Waals surface area contributed by atoms with Crippen molar-refractivity contribution in [1.29, 1.82) is 0 Å². The SMILES string of the molecule is [2H]C([2H])([2H])O[C@@H]1CC[C@H]1NC(=O)c1onc2c(NC)cc(Nc3cccn(-c4ccccn4)c3=O)nc12. The molecule has 174 valence electrons. The van der Waals surface area contributed by atoms with Crippen molar-refractivity contribution in [2.24, 2.45) is 0 Å². The Morgan fingerprint density at radius 3 is 2.88 bits per heavy atom. The highest BCUT2D eigenvalue weighted by Gasteiger charge is 2.34. The molecule has 34 heavy (non-hydrogen) atoms. The van der Waals surface area contributed by atoms with Gasteiger partial charge >= 0.3 is 0 Å². The van der Waals surface area contributed by atoms with E-state index in [0.717, 1.165) is 0 Å². The van der Waals surface area contributed by atoms with Crippen LogP contribution in [0, 0.1) is 0 Å². The van der Waals surface area contributed by atoms with Gasteiger partial charge in [0, 0.05) is 32.5 Å². The van der Waals surface area contributed by atoms with E-state index in [4.69, 9.17) is 13.4 Å². The lowest BCUT2D eigenvalue weighted by molar-refractivity contribution is 0.00678. The number of hydrogen-bond acceptors (Lipinski definition) is 9. The molecule has 0 bridgehead atoms. The maximum atomic E-state index is 13.1. The number of nitrogens with one attached hydrogen (secondary N) is 3. The highest BCUT2D eigenvalue weighted by atomic mass is 16.5. The first-order valence-corrected chi connectivity index (χ1v) is 10.6. The third kappa shape index (κ3) is 3.86. The van der Waals surface area contributed by atoms with E-state index in [-0.39, 0.29) is 28.3 Å². The first kappa shape index (κ1) is 18.2. The minimum absolute atomic E-state index is 0.145. The standard InChI is InChI=1S/C23H23N7O4/c1-24-15-12-17(26-14-6-5-11-30(23(14)32)18-7-3-4-10-25-18)28-20-19(15)29-34-21(20)22(31)27-13-8-9-16(13)33-2/h3-7,10-13,16,24H,8-9H2,1-2H3,(H,26,28)(H,27,31)/t13-,16-/m1/s1/i2D3. The van der Waals surface area contributed by atoms with Crippen molar-refractivity contribution >= 4 is 34.1 Å². The smallest absolute Gasteiger partial charge is 0.292 e. The maximum absolute atomic E-state index is 13.1. The number of methoxy groups -OCH3 is 1. The van der Waals surface area contributed by atoms with Crippen LogP contribution in [0.15, 0.2) is 58.1 Å². The lowest BCUT2D eigenvalue weighted by Gasteiger charge is -2.35. The summed E-state index contributed by atoms with van der Waals surface area (Å²) >= 11 is 0. The summed E-state index contributed by atoms with van der Waals surface area (Å²) in [6.07, 6.45) is 3.66. The number of anilines is 3. The minimum atomic E-state index is -2.55. The molecule has 0 unspecified atom stereocenters. The van der Waals surface area contributed by atoms with Crippen LogP contribution in [0.5, 0.6) is 0 Å². The van der Waals surface area contributed by atoms with Gasteiger partial charge in [0.05, 0.1) is 21.9 Å². The Morgan fingerprint density at radius 1 is 1.24 bits per heavy atom. The number of nitrogens with zero attached hydrogens (tertiary/aromatic N) is 4. The zero-order valence-corrected chi connectivity index (χ0v) is 18.1. The van der Waals surface area contributed by atoms with Crippen LogP contribution >= 0.6 is 0 Å². The molecule has 1 aliphatic rings. The Kier molecular flexibility index (Phi) is 4.79. The van der Waals surface area contributed by atoms with Crippen LogP contribution in [0.25, 0.3) is 16.9 Å². The molecule has 1 fully saturated rings. The molecule has 1 amide bonds. The van der Waals surface area contributed by atoms with Gasteiger partial charge in [-0.15, -0.1) is 0 Å². The maximum Gasteiger partial charge on any atom is 0.292 e. The van der Waals surface area contributed by atoms with Crippen molar-refractivity contribution in [2.75, 3.05) is 24.7 Å². The van der Waals surface area contributed by atoms with E-state index in [1.807, 2.05) is 0 Å². The van der Waals surface area contributed by atoms with E-state index in [0.29, 0.717) is 29.9 Å². The molecule has 4 aromatic heterocycles. The zero-order chi connectivity index (χ0) is 26.2. The van der Waals surface area contributed by atoms with E-state index in [2.05, 4.69) is 31.1 Å². The molecule has 2 atom stereocenters. The van der Waals surface area contributed by atoms with Gasteiger partial charge < -0.3 is 25.2 Å². The normalized spacial score (nSPS) is 18.9. The lowest BCUT2D eigenvalue weighted by atomic mass is 9.89. The van der Waals surface area contributed by atoms with Crippen molar-refractivity contribution in [3.8, 4) is 5.82 Å². The molecule has 0 aliphatic heterocycles. The number of fused-ring (bicyclic) bond motifs is 1. The van der Waals surface area contributed by atoms with E-state index in [1.54, 1.807) is 55.8 Å². The summed E-state index contributed by atoms with van der Waals surface area (Å²) in [5.74, 6) is -0.00799. The number of hydrogen-bond donors (Lipinski definition) is 3. The molecule has 11 heteroatoms. The Hall–Kier alpha value is -4.25. The van der Waals surface area contributed by atoms with E-state index < -0.39 is 25.1 Å². The number of pyridine rings is 3. The summed E-state index contributed by atoms with van der Waals surface area (Å²) in [6.45, 7) is 0. The van der Waals surface area contributed by atoms with Gasteiger partial charge in [-0.2, -0.15) is 0 Å². The summed E-state index contributed by atoms with van der Waals surface area (Å²) in [5.41, 5.74) is 0.899. The zero-order valence-electron chi connectivity index (χ0n) is 21.1. The fourth-order valence-corrected chi connectivity index (χ4v) is 3.74. The third-order valence-electron chi connectivity index (χ3n) is 5.70. The Morgan fingerprint density at radius 2 is 2.15 bits per heavy atom. The van der Waals surface area contributed by atoms with Gasteiger partial charge in [0.1, 0.15) is 22.8 Å². The van der Waals surface area contributed by atoms with E-state index in [1.165, 1.54) is 4.57 Å². The minimum Gasteiger partial charge on any atom is -0.386 e. The topological polar surface area (TPSA) is 136 Å². The Bertz CT molecular complexity index is 1500. The Labute approximate surface area is 198 Å². The van der Waals surface area contributed by atoms with Gasteiger partial charge in [-0.05, 0) is 37.1 Å². The van der Waals surface area contributed by atoms with Crippen LogP contribution in [0.4, 0.5) is 17.2 Å². The van der Waals surface area contributed by atoms with Crippen LogP contribution in [0.1, 0.15) is 27.5 Å². The van der Waals surface area contributed by atoms with Crippen molar-refractivity contribution in [3.63, 3.8) is 0 Å². The number of carbonyl (C=O) groups is 1. The van der Waals surface area contributed by atoms with Gasteiger partial charge in [-0.1, -0.05) is 11.2 Å². The molecule has 1 saturated carbocycles. The third-order valence-corrected chi connectivity index (χ3v) is 5.70. The number of rotatable bonds is 7. The molecule has 5 rings (SSSR count). The molecule has 0 saturated heterocycles. The summed E-state index contributed by atoms with van der Waals surface area (Å²) in [7, 11) is -0.877. The fourth-order valence-electron chi connectivity index (χ4n) is 3.74. The second-order valence-electron chi connectivity index (χ2n) is 7.74. The second kappa shape index (κ2) is 8.94. The van der Waals surface area contributed by atoms with Gasteiger partial charge in [0.15, 0.2) is 5.52 Å². The van der Waals surface area contributed by atoms with Crippen LogP contribution in [-0.2, 0) is 4.74 Å². The van der Waals surface area contributed by atoms with Crippen LogP contribution < -0.4 is 21.5 Å². The van der Waals surface area contributed by atoms with Crippen molar-refractivity contribution in [1.82, 2.24) is 25.0 Å². The first-order valence-electron chi connectivity index (χ1n) is 12.1. The van der Waals surface area contributed by atoms with Gasteiger partial charge in [-0.25, -0.2) is 9.97 Å². The number of ether oxygens (including phenoxy) is 1. The van der Waals surface area contributed by atoms with Crippen LogP contribution in [0.3, 0.4) is 0 Å². The highest BCUT2D eigenvalue weighted by Crippen LogP contribution is 2.29. The molecule has 0 aromatic carbocycles. The fraction of sp³-hybridized carbons (Fsp3) is 0.261. The molecule has 4 aromatic rings. The monoisotopic (exact) mass is 464 g/mol. The summed E-state index contributed by atoms with van der Waals surface area (Å²) < 4.78 is 33.6. The molecule has 11 nitrogen and oxygen atoms in total. The summed E-state index contributed by atoms with van der Waals surface area (Å²) in [5, 5.41) is 12.7. The predicted molar refractivity (Wildman–Crippen MR) is 126 cm³/mol. The average Bonchev–Trinajstić information content (AvgIpc) is 3.30. The predicted octanol–water partition coefficient (Wildman–Crippen LogP) is 2.46. The van der Waals surface area contributed by atoms with Crippen molar-refractivity contribution in [3.05, 3.63) is 64.9 Å². The second-order valence-corrected chi connectivity index (χ2v) is 7.74. The van der Waals surface area contributed by atoms with Gasteiger partial charge in [0.2, 0.25) is 5.76 Å². The summed E-state index contributed by atoms with van der Waals surface area (Å²) in [4.78, 5) is 34.7. The summed E-state index contributed by atoms with van der Waals surface area (Å²) in [6, 6.07) is 9.71. The number of amides is 1. The molecule has 0 spiro atoms. The van der Waals surface area contributed by atoms with Gasteiger partial charge in [-0.3, -0.25) is 14.2 Å². The number of carbonyl (C=O) groups excluding carboxylic acids is 1. The van der Waals surface area contributed by atoms with E-state index in [9.17, 15) is 9.59 Å². The quantitative estimate of drug-likeness (QED) is 0.377. The lowest BCUT2D eigenvalue weighted by Crippen LogP contribution is -2.51.